The number of hydrogen-bond acceptors (Lipinski definition) is 3. The Morgan fingerprint density at radius 2 is 1.91 bits per heavy atom. The summed E-state index contributed by atoms with van der Waals surface area (Å²) in [6.45, 7) is 0. The summed E-state index contributed by atoms with van der Waals surface area (Å²) in [5.41, 5.74) is 9.81. The molecule has 66 valence electrons. The topological polar surface area (TPSA) is 106 Å². The highest BCUT2D eigenvalue weighted by atomic mass is 32.1. The number of aliphatic carboxylic acids is 1. The second kappa shape index (κ2) is 5.99. The first-order valence-electron chi connectivity index (χ1n) is 2.80. The zero-order valence-corrected chi connectivity index (χ0v) is 6.91. The highest BCUT2D eigenvalue weighted by molar-refractivity contribution is 7.59. The number of amides is 1. The molecule has 0 saturated heterocycles. The van der Waals surface area contributed by atoms with Gasteiger partial charge in [0.15, 0.2) is 0 Å². The Morgan fingerprint density at radius 1 is 1.45 bits per heavy atom. The van der Waals surface area contributed by atoms with Gasteiger partial charge in [-0.05, 0) is 6.42 Å². The number of rotatable bonds is 4. The van der Waals surface area contributed by atoms with Crippen LogP contribution in [0, 0.1) is 0 Å². The Kier molecular flexibility index (Phi) is 7.02. The average molecular weight is 180 g/mol. The lowest BCUT2D eigenvalue weighted by Crippen LogP contribution is -2.31. The minimum Gasteiger partial charge on any atom is -0.480 e. The molecule has 0 saturated carbocycles. The predicted molar refractivity (Wildman–Crippen MR) is 44.4 cm³/mol. The maximum atomic E-state index is 10.1. The van der Waals surface area contributed by atoms with Gasteiger partial charge in [0.25, 0.3) is 0 Å². The first-order valence-corrected chi connectivity index (χ1v) is 2.80. The van der Waals surface area contributed by atoms with E-state index in [0.717, 1.165) is 0 Å². The summed E-state index contributed by atoms with van der Waals surface area (Å²) in [6, 6.07) is -0.979. The molecule has 0 aliphatic carbocycles. The van der Waals surface area contributed by atoms with Crippen LogP contribution in [0.5, 0.6) is 0 Å². The molecule has 0 aliphatic heterocycles. The third-order valence-electron chi connectivity index (χ3n) is 1.02. The van der Waals surface area contributed by atoms with E-state index >= 15 is 0 Å². The van der Waals surface area contributed by atoms with Gasteiger partial charge in [-0.1, -0.05) is 0 Å². The zero-order chi connectivity index (χ0) is 8.15. The Bertz CT molecular complexity index is 151. The van der Waals surface area contributed by atoms with E-state index < -0.39 is 17.9 Å². The van der Waals surface area contributed by atoms with Crippen LogP contribution >= 0.6 is 13.5 Å². The lowest BCUT2D eigenvalue weighted by atomic mass is 10.2. The summed E-state index contributed by atoms with van der Waals surface area (Å²) in [4.78, 5) is 20.1. The van der Waals surface area contributed by atoms with E-state index in [1.165, 1.54) is 0 Å². The second-order valence-corrected chi connectivity index (χ2v) is 1.95. The van der Waals surface area contributed by atoms with Crippen LogP contribution in [0.4, 0.5) is 0 Å². The van der Waals surface area contributed by atoms with Crippen LogP contribution in [-0.4, -0.2) is 23.0 Å². The molecule has 6 heteroatoms. The van der Waals surface area contributed by atoms with Crippen LogP contribution in [0.3, 0.4) is 0 Å². The molecule has 0 aromatic heterocycles. The molecule has 1 atom stereocenters. The lowest BCUT2D eigenvalue weighted by molar-refractivity contribution is -0.138. The molecule has 0 bridgehead atoms. The maximum absolute atomic E-state index is 10.1. The van der Waals surface area contributed by atoms with Gasteiger partial charge in [0.2, 0.25) is 5.91 Å². The highest BCUT2D eigenvalue weighted by Gasteiger charge is 2.11. The number of carbonyl (C=O) groups excluding carboxylic acids is 1. The maximum Gasteiger partial charge on any atom is 0.320 e. The Balaban J connectivity index is 0. The van der Waals surface area contributed by atoms with E-state index in [9.17, 15) is 9.59 Å². The summed E-state index contributed by atoms with van der Waals surface area (Å²) < 4.78 is 0. The monoisotopic (exact) mass is 180 g/mol. The first-order chi connectivity index (χ1) is 4.54. The van der Waals surface area contributed by atoms with Gasteiger partial charge in [-0.3, -0.25) is 9.59 Å². The fraction of sp³-hybridized carbons (Fsp3) is 0.600. The molecular formula is C5H12N2O3S. The average Bonchev–Trinajstić information content (AvgIpc) is 1.82. The molecule has 5 N–H and O–H groups in total. The number of carboxylic acids is 1. The van der Waals surface area contributed by atoms with E-state index in [2.05, 4.69) is 0 Å². The van der Waals surface area contributed by atoms with Crippen molar-refractivity contribution in [2.45, 2.75) is 18.9 Å². The van der Waals surface area contributed by atoms with Crippen LogP contribution in [0.2, 0.25) is 0 Å². The van der Waals surface area contributed by atoms with Crippen LogP contribution in [0.1, 0.15) is 12.8 Å². The summed E-state index contributed by atoms with van der Waals surface area (Å²) in [5.74, 6) is -1.64. The fourth-order valence-electron chi connectivity index (χ4n) is 0.421. The molecular weight excluding hydrogens is 168 g/mol. The van der Waals surface area contributed by atoms with Crippen molar-refractivity contribution in [1.82, 2.24) is 0 Å². The van der Waals surface area contributed by atoms with Crippen molar-refractivity contribution in [3.8, 4) is 0 Å². The van der Waals surface area contributed by atoms with E-state index in [1.807, 2.05) is 0 Å². The number of primary amides is 1. The minimum absolute atomic E-state index is 0. The normalized spacial score (nSPS) is 11.4. The minimum atomic E-state index is -1.11. The standard InChI is InChI=1S/C5H10N2O3.H2S/c6-3(5(9)10)1-2-4(7)8;/h3H,1-2,6H2,(H2,7,8)(H,9,10);1H2/t3-;/m0./s1. The number of nitrogens with two attached hydrogens (primary N) is 2. The SMILES string of the molecule is NC(=O)CC[C@H](N)C(=O)O.S. The zero-order valence-electron chi connectivity index (χ0n) is 5.91. The Hall–Kier alpha value is -0.750. The van der Waals surface area contributed by atoms with Crippen molar-refractivity contribution >= 4 is 25.4 Å². The Labute approximate surface area is 71.2 Å². The van der Waals surface area contributed by atoms with Crippen LogP contribution in [-0.2, 0) is 9.59 Å². The predicted octanol–water partition coefficient (Wildman–Crippen LogP) is -1.22. The van der Waals surface area contributed by atoms with E-state index in [4.69, 9.17) is 16.6 Å². The number of carboxylic acid groups (broad SMARTS) is 1. The molecule has 0 spiro atoms. The van der Waals surface area contributed by atoms with Gasteiger partial charge in [0.1, 0.15) is 6.04 Å². The van der Waals surface area contributed by atoms with E-state index in [1.54, 1.807) is 0 Å². The second-order valence-electron chi connectivity index (χ2n) is 1.95. The molecule has 0 fully saturated rings. The van der Waals surface area contributed by atoms with Gasteiger partial charge in [-0.25, -0.2) is 0 Å². The van der Waals surface area contributed by atoms with Crippen molar-refractivity contribution in [1.29, 1.82) is 0 Å². The van der Waals surface area contributed by atoms with Gasteiger partial charge >= 0.3 is 5.97 Å². The van der Waals surface area contributed by atoms with Crippen LogP contribution in [0.25, 0.3) is 0 Å². The molecule has 0 aliphatic rings. The first kappa shape index (κ1) is 12.9. The molecule has 11 heavy (non-hydrogen) atoms. The molecule has 0 unspecified atom stereocenters. The van der Waals surface area contributed by atoms with Crippen molar-refractivity contribution < 1.29 is 14.7 Å². The van der Waals surface area contributed by atoms with Crippen molar-refractivity contribution in [3.05, 3.63) is 0 Å². The van der Waals surface area contributed by atoms with E-state index in [0.29, 0.717) is 0 Å². The summed E-state index contributed by atoms with van der Waals surface area (Å²) >= 11 is 0. The van der Waals surface area contributed by atoms with Crippen molar-refractivity contribution in [2.24, 2.45) is 11.5 Å². The van der Waals surface area contributed by atoms with Gasteiger partial charge in [0, 0.05) is 6.42 Å². The number of carbonyl (C=O) groups is 2. The largest absolute Gasteiger partial charge is 0.480 e. The smallest absolute Gasteiger partial charge is 0.320 e. The molecule has 0 rings (SSSR count). The van der Waals surface area contributed by atoms with Crippen molar-refractivity contribution in [3.63, 3.8) is 0 Å². The van der Waals surface area contributed by atoms with E-state index in [-0.39, 0.29) is 26.3 Å². The summed E-state index contributed by atoms with van der Waals surface area (Å²) in [7, 11) is 0. The third kappa shape index (κ3) is 7.14. The Morgan fingerprint density at radius 3 is 2.18 bits per heavy atom. The lowest BCUT2D eigenvalue weighted by Gasteiger charge is -2.01. The molecule has 0 aromatic carbocycles. The highest BCUT2D eigenvalue weighted by Crippen LogP contribution is 1.92. The summed E-state index contributed by atoms with van der Waals surface area (Å²) in [5, 5.41) is 8.22. The third-order valence-corrected chi connectivity index (χ3v) is 1.02. The van der Waals surface area contributed by atoms with Gasteiger partial charge in [-0.15, -0.1) is 0 Å². The quantitative estimate of drug-likeness (QED) is 0.504. The van der Waals surface area contributed by atoms with Crippen LogP contribution in [0.15, 0.2) is 0 Å². The van der Waals surface area contributed by atoms with Gasteiger partial charge in [0.05, 0.1) is 0 Å². The number of hydrogen-bond donors (Lipinski definition) is 3. The molecule has 5 nitrogen and oxygen atoms in total. The fourth-order valence-corrected chi connectivity index (χ4v) is 0.421. The molecule has 0 aromatic rings. The summed E-state index contributed by atoms with van der Waals surface area (Å²) in [6.07, 6.45) is 0.123. The van der Waals surface area contributed by atoms with Crippen molar-refractivity contribution in [2.75, 3.05) is 0 Å². The molecule has 1 amide bonds. The van der Waals surface area contributed by atoms with Gasteiger partial charge in [-0.2, -0.15) is 13.5 Å². The van der Waals surface area contributed by atoms with Gasteiger partial charge < -0.3 is 16.6 Å². The van der Waals surface area contributed by atoms with Crippen LogP contribution < -0.4 is 11.5 Å². The molecule has 0 heterocycles. The molecule has 0 radical (unpaired) electrons.